The molecule has 0 saturated carbocycles. The van der Waals surface area contributed by atoms with Gasteiger partial charge in [-0.05, 0) is 44.7 Å². The van der Waals surface area contributed by atoms with E-state index in [0.29, 0.717) is 41.9 Å². The molecular weight excluding hydrogens is 494 g/mol. The Morgan fingerprint density at radius 3 is 2.59 bits per heavy atom. The summed E-state index contributed by atoms with van der Waals surface area (Å²) in [4.78, 5) is 21.2. The van der Waals surface area contributed by atoms with Gasteiger partial charge in [0, 0.05) is 39.4 Å². The lowest BCUT2D eigenvalue weighted by molar-refractivity contribution is -0.122. The summed E-state index contributed by atoms with van der Waals surface area (Å²) in [6.07, 6.45) is 5.12. The summed E-state index contributed by atoms with van der Waals surface area (Å²) in [7, 11) is -2.31. The van der Waals surface area contributed by atoms with E-state index in [1.54, 1.807) is 31.4 Å². The van der Waals surface area contributed by atoms with E-state index in [9.17, 15) is 13.2 Å². The van der Waals surface area contributed by atoms with Gasteiger partial charge in [-0.15, -0.1) is 0 Å². The molecule has 4 rings (SSSR count). The molecule has 0 spiro atoms. The first kappa shape index (κ1) is 24.9. The molecule has 2 fully saturated rings. The zero-order chi connectivity index (χ0) is 24.3. The molecule has 1 aromatic carbocycles. The summed E-state index contributed by atoms with van der Waals surface area (Å²) in [5.41, 5.74) is 0.962. The molecule has 2 saturated heterocycles. The van der Waals surface area contributed by atoms with E-state index in [2.05, 4.69) is 4.98 Å². The number of methoxy groups -OCH3 is 1. The second-order valence-electron chi connectivity index (χ2n) is 8.21. The van der Waals surface area contributed by atoms with Crippen molar-refractivity contribution >= 4 is 56.0 Å². The maximum atomic E-state index is 13.5. The number of benzene rings is 1. The van der Waals surface area contributed by atoms with Crippen LogP contribution in [0.1, 0.15) is 37.1 Å². The Balaban J connectivity index is 1.69. The number of thioether (sulfide) groups is 1. The number of ether oxygens (including phenoxy) is 1. The minimum absolute atomic E-state index is 0.0728. The van der Waals surface area contributed by atoms with E-state index < -0.39 is 9.84 Å². The number of sulfone groups is 1. The summed E-state index contributed by atoms with van der Waals surface area (Å²) in [5, 5.41) is -0.125. The number of hydrogen-bond donors (Lipinski definition) is 0. The number of piperidine rings is 1. The maximum Gasteiger partial charge on any atom is 0.266 e. The lowest BCUT2D eigenvalue weighted by atomic mass is 10.1. The molecular formula is C23H27N3O5S3. The van der Waals surface area contributed by atoms with E-state index in [4.69, 9.17) is 21.4 Å². The number of anilines is 1. The van der Waals surface area contributed by atoms with Crippen LogP contribution in [0, 0.1) is 6.92 Å². The largest absolute Gasteiger partial charge is 0.420 e. The van der Waals surface area contributed by atoms with E-state index in [-0.39, 0.29) is 27.6 Å². The summed E-state index contributed by atoms with van der Waals surface area (Å²) in [5.74, 6) is 0.0533. The van der Waals surface area contributed by atoms with Gasteiger partial charge in [-0.2, -0.15) is 4.98 Å². The fraction of sp³-hybridized carbons (Fsp3) is 0.435. The Hall–Kier alpha value is -2.21. The van der Waals surface area contributed by atoms with Gasteiger partial charge in [0.05, 0.1) is 9.80 Å². The van der Waals surface area contributed by atoms with E-state index in [1.807, 2.05) is 11.8 Å². The van der Waals surface area contributed by atoms with E-state index in [1.165, 1.54) is 11.0 Å². The van der Waals surface area contributed by atoms with Crippen LogP contribution in [0.5, 0.6) is 0 Å². The van der Waals surface area contributed by atoms with Crippen LogP contribution in [0.4, 0.5) is 5.88 Å². The zero-order valence-electron chi connectivity index (χ0n) is 19.2. The van der Waals surface area contributed by atoms with Gasteiger partial charge >= 0.3 is 0 Å². The molecule has 8 nitrogen and oxygen atoms in total. The minimum atomic E-state index is -3.92. The number of rotatable bonds is 8. The van der Waals surface area contributed by atoms with Crippen LogP contribution in [0.3, 0.4) is 0 Å². The topological polar surface area (TPSA) is 92.9 Å². The van der Waals surface area contributed by atoms with Crippen LogP contribution in [-0.4, -0.2) is 61.9 Å². The van der Waals surface area contributed by atoms with Gasteiger partial charge in [-0.1, -0.05) is 41.7 Å². The number of aromatic nitrogens is 1. The third-order valence-electron chi connectivity index (χ3n) is 5.68. The van der Waals surface area contributed by atoms with Crippen molar-refractivity contribution < 1.29 is 22.4 Å². The summed E-state index contributed by atoms with van der Waals surface area (Å²) in [6.45, 7) is 4.25. The van der Waals surface area contributed by atoms with Gasteiger partial charge in [0.25, 0.3) is 5.91 Å². The molecule has 0 N–H and O–H groups in total. The number of hydrogen-bond acceptors (Lipinski definition) is 9. The number of amides is 1. The Labute approximate surface area is 209 Å². The fourth-order valence-corrected chi connectivity index (χ4v) is 6.45. The van der Waals surface area contributed by atoms with Gasteiger partial charge in [-0.3, -0.25) is 9.69 Å². The lowest BCUT2D eigenvalue weighted by Gasteiger charge is -2.26. The number of carbonyl (C=O) groups is 1. The third kappa shape index (κ3) is 5.22. The first-order valence-electron chi connectivity index (χ1n) is 11.1. The predicted octanol–water partition coefficient (Wildman–Crippen LogP) is 4.04. The first-order chi connectivity index (χ1) is 16.3. The minimum Gasteiger partial charge on any atom is -0.420 e. The van der Waals surface area contributed by atoms with Crippen LogP contribution < -0.4 is 4.90 Å². The highest BCUT2D eigenvalue weighted by atomic mass is 32.2. The molecule has 0 bridgehead atoms. The number of nitrogens with zero attached hydrogens (tertiary/aromatic N) is 3. The van der Waals surface area contributed by atoms with Gasteiger partial charge in [0.15, 0.2) is 0 Å². The monoisotopic (exact) mass is 521 g/mol. The summed E-state index contributed by atoms with van der Waals surface area (Å²) >= 11 is 6.51. The molecule has 0 atom stereocenters. The maximum absolute atomic E-state index is 13.5. The molecule has 0 aliphatic carbocycles. The quantitative estimate of drug-likeness (QED) is 0.290. The summed E-state index contributed by atoms with van der Waals surface area (Å²) in [6, 6.07) is 6.65. The second-order valence-corrected chi connectivity index (χ2v) is 11.7. The smallest absolute Gasteiger partial charge is 0.266 e. The van der Waals surface area contributed by atoms with Crippen LogP contribution in [0.2, 0.25) is 0 Å². The Kier molecular flexibility index (Phi) is 7.76. The highest BCUT2D eigenvalue weighted by molar-refractivity contribution is 8.26. The highest BCUT2D eigenvalue weighted by Gasteiger charge is 2.34. The second kappa shape index (κ2) is 10.6. The average Bonchev–Trinajstić information content (AvgIpc) is 3.37. The third-order valence-corrected chi connectivity index (χ3v) is 8.73. The van der Waals surface area contributed by atoms with Gasteiger partial charge < -0.3 is 14.1 Å². The molecule has 0 unspecified atom stereocenters. The van der Waals surface area contributed by atoms with Crippen molar-refractivity contribution in [3.63, 3.8) is 0 Å². The molecule has 0 radical (unpaired) electrons. The van der Waals surface area contributed by atoms with Crippen LogP contribution in [0.15, 0.2) is 43.5 Å². The van der Waals surface area contributed by atoms with Crippen molar-refractivity contribution in [2.45, 2.75) is 42.5 Å². The lowest BCUT2D eigenvalue weighted by Crippen LogP contribution is -2.30. The Bertz CT molecular complexity index is 1200. The normalized spacial score (nSPS) is 18.4. The Morgan fingerprint density at radius 1 is 1.21 bits per heavy atom. The molecule has 182 valence electrons. The standard InChI is InChI=1S/C23H27N3O5S3/c1-16-7-9-17(10-8-16)34(28,29)20-22(25-11-4-3-5-12-25)31-19(24-20)15-18-21(27)26(23(32)33-18)13-6-14-30-2/h7-10,15H,3-6,11-14H2,1-2H3. The molecule has 2 aromatic rings. The van der Waals surface area contributed by atoms with Crippen molar-refractivity contribution in [2.24, 2.45) is 0 Å². The van der Waals surface area contributed by atoms with Crippen LogP contribution >= 0.6 is 24.0 Å². The number of thiocarbonyl (C=S) groups is 1. The SMILES string of the molecule is COCCCN1C(=O)C(=Cc2nc(S(=O)(=O)c3ccc(C)cc3)c(N3CCCCC3)o2)SC1=S. The number of aryl methyl sites for hydroxylation is 1. The molecule has 11 heteroatoms. The number of carbonyl (C=O) groups excluding carboxylic acids is 1. The average molecular weight is 522 g/mol. The van der Waals surface area contributed by atoms with Crippen LogP contribution in [-0.2, 0) is 19.4 Å². The predicted molar refractivity (Wildman–Crippen MR) is 136 cm³/mol. The van der Waals surface area contributed by atoms with Gasteiger partial charge in [-0.25, -0.2) is 8.42 Å². The van der Waals surface area contributed by atoms with Crippen molar-refractivity contribution in [1.82, 2.24) is 9.88 Å². The van der Waals surface area contributed by atoms with Crippen molar-refractivity contribution in [3.8, 4) is 0 Å². The van der Waals surface area contributed by atoms with Crippen LogP contribution in [0.25, 0.3) is 6.08 Å². The summed E-state index contributed by atoms with van der Waals surface area (Å²) < 4.78 is 38.5. The highest BCUT2D eigenvalue weighted by Crippen LogP contribution is 2.36. The number of oxazole rings is 1. The molecule has 2 aliphatic heterocycles. The molecule has 34 heavy (non-hydrogen) atoms. The first-order valence-corrected chi connectivity index (χ1v) is 13.8. The van der Waals surface area contributed by atoms with Gasteiger partial charge in [0.1, 0.15) is 4.32 Å². The molecule has 2 aliphatic rings. The van der Waals surface area contributed by atoms with Crippen molar-refractivity contribution in [1.29, 1.82) is 0 Å². The van der Waals surface area contributed by atoms with Crippen molar-refractivity contribution in [2.75, 3.05) is 38.3 Å². The molecule has 1 amide bonds. The molecule has 1 aromatic heterocycles. The Morgan fingerprint density at radius 2 is 1.91 bits per heavy atom. The fourth-order valence-electron chi connectivity index (χ4n) is 3.85. The molecule has 3 heterocycles. The van der Waals surface area contributed by atoms with E-state index >= 15 is 0 Å². The van der Waals surface area contributed by atoms with E-state index in [0.717, 1.165) is 36.6 Å². The van der Waals surface area contributed by atoms with Crippen molar-refractivity contribution in [3.05, 3.63) is 40.6 Å². The van der Waals surface area contributed by atoms with Gasteiger partial charge in [0.2, 0.25) is 26.6 Å². The zero-order valence-corrected chi connectivity index (χ0v) is 21.6.